The first-order chi connectivity index (χ1) is 12.7. The Morgan fingerprint density at radius 3 is 2.71 bits per heavy atom. The molecule has 1 heterocycles. The van der Waals surface area contributed by atoms with Gasteiger partial charge in [0.2, 0.25) is 0 Å². The van der Waals surface area contributed by atoms with Crippen LogP contribution in [-0.2, 0) is 10.0 Å². The SMILES string of the molecule is Cl.Nc1ccc2c(c1)N(S(=O)(=O)c1ccc(F)c(Cl)c1)CC(CNC(=O)O)O2. The lowest BCUT2D eigenvalue weighted by Gasteiger charge is -2.35. The van der Waals surface area contributed by atoms with Gasteiger partial charge in [-0.2, -0.15) is 0 Å². The van der Waals surface area contributed by atoms with Crippen LogP contribution in [-0.4, -0.2) is 38.8 Å². The van der Waals surface area contributed by atoms with Crippen molar-refractivity contribution in [3.05, 3.63) is 47.2 Å². The van der Waals surface area contributed by atoms with Gasteiger partial charge in [0.05, 0.1) is 28.7 Å². The van der Waals surface area contributed by atoms with Gasteiger partial charge in [0.1, 0.15) is 17.7 Å². The Morgan fingerprint density at radius 1 is 1.36 bits per heavy atom. The summed E-state index contributed by atoms with van der Waals surface area (Å²) in [7, 11) is -4.13. The second-order valence-corrected chi connectivity index (χ2v) is 8.03. The summed E-state index contributed by atoms with van der Waals surface area (Å²) in [6, 6.07) is 7.53. The van der Waals surface area contributed by atoms with E-state index in [9.17, 15) is 17.6 Å². The summed E-state index contributed by atoms with van der Waals surface area (Å²) < 4.78 is 46.4. The molecule has 0 radical (unpaired) electrons. The summed E-state index contributed by atoms with van der Waals surface area (Å²) in [6.45, 7) is -0.302. The van der Waals surface area contributed by atoms with Crippen LogP contribution in [0.2, 0.25) is 5.02 Å². The third kappa shape index (κ3) is 4.34. The van der Waals surface area contributed by atoms with E-state index in [2.05, 4.69) is 5.32 Å². The Labute approximate surface area is 171 Å². The van der Waals surface area contributed by atoms with Gasteiger partial charge in [0.15, 0.2) is 0 Å². The molecule has 0 spiro atoms. The van der Waals surface area contributed by atoms with Crippen molar-refractivity contribution in [3.63, 3.8) is 0 Å². The van der Waals surface area contributed by atoms with E-state index in [1.165, 1.54) is 18.2 Å². The van der Waals surface area contributed by atoms with Gasteiger partial charge in [0.25, 0.3) is 10.0 Å². The zero-order valence-corrected chi connectivity index (χ0v) is 16.5. The van der Waals surface area contributed by atoms with Crippen molar-refractivity contribution in [2.24, 2.45) is 0 Å². The summed E-state index contributed by atoms with van der Waals surface area (Å²) in [5.74, 6) is -0.518. The topological polar surface area (TPSA) is 122 Å². The number of fused-ring (bicyclic) bond motifs is 1. The molecule has 0 fully saturated rings. The number of nitrogens with zero attached hydrogens (tertiary/aromatic N) is 1. The highest BCUT2D eigenvalue weighted by molar-refractivity contribution is 7.92. The number of ether oxygens (including phenoxy) is 1. The Bertz CT molecular complexity index is 1010. The molecule has 1 aliphatic heterocycles. The quantitative estimate of drug-likeness (QED) is 0.614. The van der Waals surface area contributed by atoms with Gasteiger partial charge in [-0.25, -0.2) is 17.6 Å². The van der Waals surface area contributed by atoms with Crippen molar-refractivity contribution < 1.29 is 27.4 Å². The normalized spacial score (nSPS) is 15.8. The average molecular weight is 452 g/mol. The fourth-order valence-electron chi connectivity index (χ4n) is 2.63. The van der Waals surface area contributed by atoms with Gasteiger partial charge in [-0.3, -0.25) is 4.31 Å². The highest BCUT2D eigenvalue weighted by atomic mass is 35.5. The molecule has 3 rings (SSSR count). The minimum absolute atomic E-state index is 0. The van der Waals surface area contributed by atoms with E-state index >= 15 is 0 Å². The molecule has 1 aliphatic rings. The third-order valence-electron chi connectivity index (χ3n) is 3.87. The number of amides is 1. The third-order valence-corrected chi connectivity index (χ3v) is 5.94. The summed E-state index contributed by atoms with van der Waals surface area (Å²) in [6.07, 6.45) is -2.04. The van der Waals surface area contributed by atoms with Crippen LogP contribution in [0.3, 0.4) is 0 Å². The monoisotopic (exact) mass is 451 g/mol. The Kier molecular flexibility index (Phi) is 6.48. The maximum atomic E-state index is 13.4. The molecule has 0 saturated carbocycles. The minimum atomic E-state index is -4.13. The van der Waals surface area contributed by atoms with Crippen molar-refractivity contribution >= 4 is 51.5 Å². The van der Waals surface area contributed by atoms with Crippen molar-refractivity contribution in [3.8, 4) is 5.75 Å². The van der Waals surface area contributed by atoms with Crippen LogP contribution in [0.1, 0.15) is 0 Å². The molecule has 0 saturated heterocycles. The van der Waals surface area contributed by atoms with Gasteiger partial charge >= 0.3 is 6.09 Å². The summed E-state index contributed by atoms with van der Waals surface area (Å²) in [5.41, 5.74) is 6.28. The van der Waals surface area contributed by atoms with E-state index < -0.39 is 28.0 Å². The second kappa shape index (κ2) is 8.29. The first-order valence-electron chi connectivity index (χ1n) is 7.69. The second-order valence-electron chi connectivity index (χ2n) is 5.77. The molecular formula is C16H16Cl2FN3O5S. The predicted molar refractivity (Wildman–Crippen MR) is 104 cm³/mol. The number of nitrogens with two attached hydrogens (primary N) is 1. The first-order valence-corrected chi connectivity index (χ1v) is 9.51. The molecule has 4 N–H and O–H groups in total. The number of hydrogen-bond acceptors (Lipinski definition) is 5. The number of rotatable bonds is 4. The van der Waals surface area contributed by atoms with Crippen LogP contribution in [0.25, 0.3) is 0 Å². The van der Waals surface area contributed by atoms with Crippen LogP contribution < -0.4 is 20.1 Å². The van der Waals surface area contributed by atoms with Gasteiger partial charge in [-0.05, 0) is 36.4 Å². The molecule has 0 aliphatic carbocycles. The number of nitrogens with one attached hydrogen (secondary N) is 1. The van der Waals surface area contributed by atoms with E-state index in [1.54, 1.807) is 0 Å². The van der Waals surface area contributed by atoms with Crippen molar-refractivity contribution in [1.29, 1.82) is 0 Å². The van der Waals surface area contributed by atoms with E-state index in [1.807, 2.05) is 0 Å². The lowest BCUT2D eigenvalue weighted by atomic mass is 10.2. The lowest BCUT2D eigenvalue weighted by molar-refractivity contribution is 0.171. The molecule has 1 amide bonds. The molecule has 1 atom stereocenters. The van der Waals surface area contributed by atoms with Crippen LogP contribution in [0.4, 0.5) is 20.6 Å². The maximum absolute atomic E-state index is 13.4. The molecule has 2 aromatic rings. The first kappa shape index (κ1) is 21.9. The van der Waals surface area contributed by atoms with Gasteiger partial charge < -0.3 is 20.9 Å². The fraction of sp³-hybridized carbons (Fsp3) is 0.188. The summed E-state index contributed by atoms with van der Waals surface area (Å²) >= 11 is 5.72. The molecule has 152 valence electrons. The zero-order valence-electron chi connectivity index (χ0n) is 14.1. The number of carbonyl (C=O) groups is 1. The Hall–Kier alpha value is -2.43. The lowest BCUT2D eigenvalue weighted by Crippen LogP contribution is -2.48. The molecule has 0 aromatic heterocycles. The smallest absolute Gasteiger partial charge is 0.404 e. The molecule has 0 bridgehead atoms. The van der Waals surface area contributed by atoms with Crippen LogP contribution in [0, 0.1) is 5.82 Å². The van der Waals surface area contributed by atoms with E-state index in [-0.39, 0.29) is 46.9 Å². The molecular weight excluding hydrogens is 436 g/mol. The molecule has 1 unspecified atom stereocenters. The highest BCUT2D eigenvalue weighted by Gasteiger charge is 2.35. The Morgan fingerprint density at radius 2 is 2.07 bits per heavy atom. The number of sulfonamides is 1. The highest BCUT2D eigenvalue weighted by Crippen LogP contribution is 2.38. The zero-order chi connectivity index (χ0) is 19.8. The molecule has 2 aromatic carbocycles. The van der Waals surface area contributed by atoms with E-state index in [0.29, 0.717) is 5.69 Å². The number of nitrogen functional groups attached to an aromatic ring is 1. The Balaban J connectivity index is 0.00000280. The molecule has 8 nitrogen and oxygen atoms in total. The van der Waals surface area contributed by atoms with E-state index in [4.69, 9.17) is 27.2 Å². The van der Waals surface area contributed by atoms with Crippen LogP contribution >= 0.6 is 24.0 Å². The number of halogens is 3. The van der Waals surface area contributed by atoms with Gasteiger partial charge in [0, 0.05) is 5.69 Å². The van der Waals surface area contributed by atoms with Crippen LogP contribution in [0.15, 0.2) is 41.3 Å². The van der Waals surface area contributed by atoms with Crippen molar-refractivity contribution in [2.75, 3.05) is 23.1 Å². The maximum Gasteiger partial charge on any atom is 0.404 e. The number of anilines is 2. The summed E-state index contributed by atoms with van der Waals surface area (Å²) in [5, 5.41) is 10.6. The van der Waals surface area contributed by atoms with E-state index in [0.717, 1.165) is 22.5 Å². The number of hydrogen-bond donors (Lipinski definition) is 3. The number of carboxylic acid groups (broad SMARTS) is 1. The van der Waals surface area contributed by atoms with Crippen LogP contribution in [0.5, 0.6) is 5.75 Å². The van der Waals surface area contributed by atoms with Crippen molar-refractivity contribution in [1.82, 2.24) is 5.32 Å². The molecule has 28 heavy (non-hydrogen) atoms. The standard InChI is InChI=1S/C16H15ClFN3O5S.ClH/c17-12-6-11(2-3-13(12)18)27(24,25)21-8-10(7-20-16(22)23)26-15-4-1-9(19)5-14(15)21;/h1-6,10,20H,7-8,19H2,(H,22,23);1H. The van der Waals surface area contributed by atoms with Crippen molar-refractivity contribution in [2.45, 2.75) is 11.0 Å². The minimum Gasteiger partial charge on any atom is -0.484 e. The number of benzene rings is 2. The predicted octanol–water partition coefficient (Wildman–Crippen LogP) is 2.71. The molecule has 12 heteroatoms. The fourth-order valence-corrected chi connectivity index (χ4v) is 4.40. The van der Waals surface area contributed by atoms with Gasteiger partial charge in [-0.1, -0.05) is 11.6 Å². The van der Waals surface area contributed by atoms with Gasteiger partial charge in [-0.15, -0.1) is 12.4 Å². The average Bonchev–Trinajstić information content (AvgIpc) is 2.61. The largest absolute Gasteiger partial charge is 0.484 e. The summed E-state index contributed by atoms with van der Waals surface area (Å²) in [4.78, 5) is 10.5.